The Hall–Kier alpha value is -2.72. The molecular formula is C21H14NO2S+. The lowest BCUT2D eigenvalue weighted by molar-refractivity contribution is -0.359. The van der Waals surface area contributed by atoms with E-state index in [1.807, 2.05) is 30.4 Å². The van der Waals surface area contributed by atoms with Gasteiger partial charge in [-0.1, -0.05) is 48.2 Å². The number of carbonyl (C=O) groups is 2. The zero-order valence-corrected chi connectivity index (χ0v) is 14.3. The van der Waals surface area contributed by atoms with Crippen LogP contribution in [-0.2, 0) is 0 Å². The number of carbonyl (C=O) groups excluding carboxylic acids is 2. The van der Waals surface area contributed by atoms with Crippen LogP contribution in [-0.4, -0.2) is 17.3 Å². The van der Waals surface area contributed by atoms with Gasteiger partial charge in [0, 0.05) is 22.8 Å². The maximum atomic E-state index is 13.1. The minimum absolute atomic E-state index is 0.00860. The number of thioether (sulfide) groups is 1. The summed E-state index contributed by atoms with van der Waals surface area (Å²) in [4.78, 5) is 31.6. The maximum absolute atomic E-state index is 13.1. The highest BCUT2D eigenvalue weighted by Gasteiger charge is 2.46. The van der Waals surface area contributed by atoms with Gasteiger partial charge in [0.05, 0.1) is 9.80 Å². The molecule has 0 saturated carbocycles. The molecule has 2 aromatic carbocycles. The highest BCUT2D eigenvalue weighted by Crippen LogP contribution is 2.41. The minimum atomic E-state index is -0.538. The van der Waals surface area contributed by atoms with Crippen molar-refractivity contribution in [1.29, 1.82) is 0 Å². The smallest absolute Gasteiger partial charge is 0.217 e. The third kappa shape index (κ3) is 2.04. The van der Waals surface area contributed by atoms with Crippen LogP contribution in [0.2, 0.25) is 0 Å². The molecule has 4 heteroatoms. The molecule has 1 aliphatic heterocycles. The maximum Gasteiger partial charge on any atom is 0.217 e. The molecule has 0 saturated heterocycles. The van der Waals surface area contributed by atoms with Gasteiger partial charge in [-0.3, -0.25) is 9.59 Å². The predicted octanol–water partition coefficient (Wildman–Crippen LogP) is 2.77. The highest BCUT2D eigenvalue weighted by molar-refractivity contribution is 8.04. The first kappa shape index (κ1) is 14.6. The van der Waals surface area contributed by atoms with E-state index in [1.54, 1.807) is 30.0 Å². The summed E-state index contributed by atoms with van der Waals surface area (Å²) in [6, 6.07) is 13.3. The Balaban J connectivity index is 1.71. The number of ketones is 2. The van der Waals surface area contributed by atoms with E-state index in [0.29, 0.717) is 16.7 Å². The largest absolute Gasteiger partial charge is 0.293 e. The fourth-order valence-corrected chi connectivity index (χ4v) is 4.76. The fourth-order valence-electron chi connectivity index (χ4n) is 3.64. The zero-order chi connectivity index (χ0) is 17.1. The predicted molar refractivity (Wildman–Crippen MR) is 97.4 cm³/mol. The van der Waals surface area contributed by atoms with E-state index in [9.17, 15) is 9.59 Å². The number of nitrogens with one attached hydrogen (secondary N) is 1. The second-order valence-corrected chi connectivity index (χ2v) is 7.55. The summed E-state index contributed by atoms with van der Waals surface area (Å²) in [7, 11) is 0. The van der Waals surface area contributed by atoms with E-state index >= 15 is 0 Å². The van der Waals surface area contributed by atoms with E-state index < -0.39 is 5.92 Å². The molecule has 5 rings (SSSR count). The monoisotopic (exact) mass is 344 g/mol. The Labute approximate surface area is 149 Å². The van der Waals surface area contributed by atoms with Crippen LogP contribution in [0, 0.1) is 12.8 Å². The van der Waals surface area contributed by atoms with Crippen LogP contribution in [0.25, 0.3) is 0 Å². The number of aryl methyl sites for hydroxylation is 1. The molecule has 0 fully saturated rings. The molecule has 1 unspecified atom stereocenters. The molecule has 0 aromatic heterocycles. The summed E-state index contributed by atoms with van der Waals surface area (Å²) >= 11 is 1.65. The molecule has 3 aliphatic rings. The van der Waals surface area contributed by atoms with Gasteiger partial charge in [0.1, 0.15) is 5.92 Å². The Bertz CT molecular complexity index is 1080. The molecule has 0 amide bonds. The van der Waals surface area contributed by atoms with Crippen LogP contribution < -0.4 is 4.99 Å². The number of allylic oxidation sites excluding steroid dienone is 4. The first-order valence-electron chi connectivity index (χ1n) is 8.16. The van der Waals surface area contributed by atoms with Crippen molar-refractivity contribution in [1.82, 2.24) is 0 Å². The van der Waals surface area contributed by atoms with Gasteiger partial charge in [0.25, 0.3) is 0 Å². The summed E-state index contributed by atoms with van der Waals surface area (Å²) in [5.74, 6) is -0.598. The molecule has 1 atom stereocenters. The molecule has 3 nitrogen and oxygen atoms in total. The lowest BCUT2D eigenvalue weighted by atomic mass is 9.74. The van der Waals surface area contributed by atoms with E-state index in [-0.39, 0.29) is 11.6 Å². The molecule has 0 radical (unpaired) electrons. The van der Waals surface area contributed by atoms with Gasteiger partial charge in [-0.25, -0.2) is 4.99 Å². The summed E-state index contributed by atoms with van der Waals surface area (Å²) in [5, 5.41) is 0. The average molecular weight is 344 g/mol. The van der Waals surface area contributed by atoms with Gasteiger partial charge in [0.2, 0.25) is 11.4 Å². The van der Waals surface area contributed by atoms with Gasteiger partial charge in [0.15, 0.2) is 11.6 Å². The Morgan fingerprint density at radius 2 is 1.80 bits per heavy atom. The number of Topliss-reactive ketones (excluding diaryl/α,β-unsaturated/α-hetero) is 2. The topological polar surface area (TPSA) is 48.1 Å². The first-order valence-corrected chi connectivity index (χ1v) is 8.98. The van der Waals surface area contributed by atoms with Crippen molar-refractivity contribution in [2.75, 3.05) is 0 Å². The number of fused-ring (bicyclic) bond motifs is 5. The SMILES string of the molecule is Cc1ccc2c(c1)SC1=CC=C3C(=O)c4ccccc4C(=O)C3C1=[NH+]2. The van der Waals surface area contributed by atoms with Crippen LogP contribution >= 0.6 is 11.8 Å². The highest BCUT2D eigenvalue weighted by atomic mass is 32.2. The van der Waals surface area contributed by atoms with Crippen molar-refractivity contribution >= 4 is 34.7 Å². The van der Waals surface area contributed by atoms with E-state index in [2.05, 4.69) is 18.0 Å². The molecule has 2 aromatic rings. The molecule has 0 bridgehead atoms. The Morgan fingerprint density at radius 3 is 2.64 bits per heavy atom. The second kappa shape index (κ2) is 5.14. The van der Waals surface area contributed by atoms with Crippen molar-refractivity contribution in [3.05, 3.63) is 81.8 Å². The van der Waals surface area contributed by atoms with Crippen molar-refractivity contribution in [2.45, 2.75) is 11.8 Å². The van der Waals surface area contributed by atoms with E-state index in [1.165, 1.54) is 5.56 Å². The number of hydrogen-bond donors (Lipinski definition) is 1. The molecule has 120 valence electrons. The first-order chi connectivity index (χ1) is 12.1. The molecule has 1 heterocycles. The van der Waals surface area contributed by atoms with Gasteiger partial charge in [-0.05, 0) is 24.6 Å². The fraction of sp³-hybridized carbons (Fsp3) is 0.0952. The van der Waals surface area contributed by atoms with Gasteiger partial charge >= 0.3 is 0 Å². The van der Waals surface area contributed by atoms with E-state index in [0.717, 1.165) is 21.2 Å². The summed E-state index contributed by atoms with van der Waals surface area (Å²) in [6.45, 7) is 2.06. The molecule has 0 spiro atoms. The van der Waals surface area contributed by atoms with Crippen molar-refractivity contribution in [3.8, 4) is 0 Å². The lowest BCUT2D eigenvalue weighted by Crippen LogP contribution is -2.71. The van der Waals surface area contributed by atoms with Gasteiger partial charge in [-0.15, -0.1) is 0 Å². The minimum Gasteiger partial charge on any atom is -0.293 e. The third-order valence-electron chi connectivity index (χ3n) is 4.87. The molecule has 25 heavy (non-hydrogen) atoms. The van der Waals surface area contributed by atoms with Crippen molar-refractivity contribution in [3.63, 3.8) is 0 Å². The second-order valence-electron chi connectivity index (χ2n) is 6.47. The standard InChI is InChI=1S/C21H13NO2S/c1-11-6-8-15-17(10-11)25-16-9-7-14-18(19(16)22-15)21(24)13-5-3-2-4-12(13)20(14)23/h2-10,18H,1H3/p+1. The summed E-state index contributed by atoms with van der Waals surface area (Å²) in [5.41, 5.74) is 4.60. The Morgan fingerprint density at radius 1 is 1.00 bits per heavy atom. The molecule has 2 aliphatic carbocycles. The summed E-state index contributed by atoms with van der Waals surface area (Å²) in [6.07, 6.45) is 3.76. The molecule has 1 N–H and O–H groups in total. The lowest BCUT2D eigenvalue weighted by Gasteiger charge is -2.28. The van der Waals surface area contributed by atoms with Crippen LogP contribution in [0.1, 0.15) is 26.3 Å². The normalized spacial score (nSPS) is 20.5. The number of rotatable bonds is 0. The van der Waals surface area contributed by atoms with Crippen molar-refractivity contribution < 1.29 is 14.6 Å². The zero-order valence-electron chi connectivity index (χ0n) is 13.5. The third-order valence-corrected chi connectivity index (χ3v) is 6.00. The molecular weight excluding hydrogens is 330 g/mol. The summed E-state index contributed by atoms with van der Waals surface area (Å²) < 4.78 is 0. The number of benzene rings is 2. The van der Waals surface area contributed by atoms with E-state index in [4.69, 9.17) is 0 Å². The average Bonchev–Trinajstić information content (AvgIpc) is 2.63. The van der Waals surface area contributed by atoms with Crippen LogP contribution in [0.3, 0.4) is 0 Å². The van der Waals surface area contributed by atoms with Crippen LogP contribution in [0.4, 0.5) is 5.69 Å². The van der Waals surface area contributed by atoms with Crippen LogP contribution in [0.5, 0.6) is 0 Å². The number of hydrogen-bond acceptors (Lipinski definition) is 3. The Kier molecular flexibility index (Phi) is 3.00. The van der Waals surface area contributed by atoms with Gasteiger partial charge < -0.3 is 0 Å². The quantitative estimate of drug-likeness (QED) is 0.799. The van der Waals surface area contributed by atoms with Gasteiger partial charge in [-0.2, -0.15) is 0 Å². The van der Waals surface area contributed by atoms with Crippen molar-refractivity contribution in [2.24, 2.45) is 5.92 Å². The van der Waals surface area contributed by atoms with Crippen LogP contribution in [0.15, 0.2) is 70.0 Å².